The molecule has 2 aromatic rings. The average molecular weight is 414 g/mol. The fourth-order valence-electron chi connectivity index (χ4n) is 4.14. The number of anilines is 2. The van der Waals surface area contributed by atoms with Gasteiger partial charge in [0.15, 0.2) is 0 Å². The lowest BCUT2D eigenvalue weighted by Gasteiger charge is -2.33. The monoisotopic (exact) mass is 413 g/mol. The number of ketones is 1. The predicted molar refractivity (Wildman–Crippen MR) is 119 cm³/mol. The van der Waals surface area contributed by atoms with Crippen molar-refractivity contribution in [3.8, 4) is 0 Å². The van der Waals surface area contributed by atoms with Crippen LogP contribution in [0.15, 0.2) is 24.3 Å². The van der Waals surface area contributed by atoms with Crippen molar-refractivity contribution in [1.29, 1.82) is 0 Å². The molecule has 0 aliphatic carbocycles. The fourth-order valence-corrected chi connectivity index (χ4v) is 4.14. The highest BCUT2D eigenvalue weighted by atomic mass is 16.5. The molecule has 1 aliphatic rings. The smallest absolute Gasteiger partial charge is 0.339 e. The third-order valence-corrected chi connectivity index (χ3v) is 6.05. The lowest BCUT2D eigenvalue weighted by atomic mass is 10.0. The number of nitrogens with zero attached hydrogens (tertiary/aromatic N) is 1. The fraction of sp³-hybridized carbons (Fsp3) is 0.478. The normalized spacial score (nSPS) is 15.7. The second-order valence-corrected chi connectivity index (χ2v) is 7.98. The Balaban J connectivity index is 1.65. The molecule has 7 nitrogen and oxygen atoms in total. The first kappa shape index (κ1) is 21.9. The van der Waals surface area contributed by atoms with Crippen molar-refractivity contribution < 1.29 is 19.2 Å². The number of quaternary nitrogens is 1. The van der Waals surface area contributed by atoms with E-state index in [4.69, 9.17) is 4.74 Å². The largest absolute Gasteiger partial charge is 0.465 e. The van der Waals surface area contributed by atoms with Crippen molar-refractivity contribution in [2.75, 3.05) is 50.1 Å². The number of ether oxygens (including phenoxy) is 1. The predicted octanol–water partition coefficient (Wildman–Crippen LogP) is 1.83. The molecule has 0 unspecified atom stereocenters. The number of rotatable bonds is 7. The van der Waals surface area contributed by atoms with Gasteiger partial charge >= 0.3 is 5.97 Å². The van der Waals surface area contributed by atoms with Gasteiger partial charge in [-0.25, -0.2) is 4.79 Å². The topological polar surface area (TPSA) is 78.9 Å². The number of likely N-dealkylation sites (N-methyl/N-ethyl adjacent to an activating group) is 1. The van der Waals surface area contributed by atoms with Gasteiger partial charge in [0.25, 0.3) is 0 Å². The van der Waals surface area contributed by atoms with E-state index in [0.717, 1.165) is 18.8 Å². The van der Waals surface area contributed by atoms with E-state index in [-0.39, 0.29) is 5.78 Å². The number of benzene rings is 1. The quantitative estimate of drug-likeness (QED) is 0.477. The van der Waals surface area contributed by atoms with Crippen molar-refractivity contribution >= 4 is 23.1 Å². The van der Waals surface area contributed by atoms with E-state index in [1.807, 2.05) is 19.1 Å². The van der Waals surface area contributed by atoms with Crippen LogP contribution in [0.4, 0.5) is 11.4 Å². The zero-order chi connectivity index (χ0) is 21.8. The molecule has 1 aliphatic heterocycles. The summed E-state index contributed by atoms with van der Waals surface area (Å²) >= 11 is 0. The SMILES string of the molecule is CC[NH+]1CCN(c2ccc(N[C@@H](C)C(=O)c3[nH]c(C)c(C(=O)OC)c3C)cc2)CC1. The van der Waals surface area contributed by atoms with Gasteiger partial charge in [0.1, 0.15) is 0 Å². The molecule has 1 fully saturated rings. The highest BCUT2D eigenvalue weighted by molar-refractivity contribution is 6.04. The van der Waals surface area contributed by atoms with Gasteiger partial charge in [-0.15, -0.1) is 0 Å². The van der Waals surface area contributed by atoms with Gasteiger partial charge in [0.05, 0.1) is 57.1 Å². The Morgan fingerprint density at radius 3 is 2.40 bits per heavy atom. The lowest BCUT2D eigenvalue weighted by Crippen LogP contribution is -3.14. The Bertz CT molecular complexity index is 896. The number of piperazine rings is 1. The molecule has 1 saturated heterocycles. The van der Waals surface area contributed by atoms with Gasteiger partial charge in [-0.3, -0.25) is 4.79 Å². The molecule has 162 valence electrons. The first-order valence-corrected chi connectivity index (χ1v) is 10.6. The second-order valence-electron chi connectivity index (χ2n) is 7.98. The summed E-state index contributed by atoms with van der Waals surface area (Å²) in [6, 6.07) is 7.82. The Labute approximate surface area is 178 Å². The molecule has 30 heavy (non-hydrogen) atoms. The molecule has 7 heteroatoms. The molecule has 2 heterocycles. The van der Waals surface area contributed by atoms with Crippen LogP contribution in [-0.4, -0.2) is 62.6 Å². The van der Waals surface area contributed by atoms with Crippen LogP contribution in [0, 0.1) is 13.8 Å². The van der Waals surface area contributed by atoms with Crippen molar-refractivity contribution in [3.05, 3.63) is 46.8 Å². The summed E-state index contributed by atoms with van der Waals surface area (Å²) in [5, 5.41) is 3.28. The Hall–Kier alpha value is -2.80. The van der Waals surface area contributed by atoms with Crippen LogP contribution in [0.3, 0.4) is 0 Å². The summed E-state index contributed by atoms with van der Waals surface area (Å²) in [7, 11) is 1.34. The lowest BCUT2D eigenvalue weighted by molar-refractivity contribution is -0.898. The minimum atomic E-state index is -0.435. The van der Waals surface area contributed by atoms with Crippen molar-refractivity contribution in [2.24, 2.45) is 0 Å². The molecule has 0 radical (unpaired) electrons. The van der Waals surface area contributed by atoms with Crippen molar-refractivity contribution in [3.63, 3.8) is 0 Å². The molecular weight excluding hydrogens is 380 g/mol. The second kappa shape index (κ2) is 9.34. The number of carbonyl (C=O) groups is 2. The molecule has 1 aromatic carbocycles. The van der Waals surface area contributed by atoms with Gasteiger partial charge in [-0.1, -0.05) is 0 Å². The number of methoxy groups -OCH3 is 1. The third kappa shape index (κ3) is 4.51. The van der Waals surface area contributed by atoms with E-state index in [1.54, 1.807) is 18.7 Å². The maximum atomic E-state index is 13.0. The highest BCUT2D eigenvalue weighted by Gasteiger charge is 2.25. The van der Waals surface area contributed by atoms with Crippen LogP contribution in [-0.2, 0) is 4.74 Å². The Kier molecular flexibility index (Phi) is 6.82. The van der Waals surface area contributed by atoms with Crippen molar-refractivity contribution in [2.45, 2.75) is 33.7 Å². The van der Waals surface area contributed by atoms with E-state index in [9.17, 15) is 9.59 Å². The number of carbonyl (C=O) groups excluding carboxylic acids is 2. The van der Waals surface area contributed by atoms with Crippen LogP contribution in [0.2, 0.25) is 0 Å². The minimum absolute atomic E-state index is 0.0894. The van der Waals surface area contributed by atoms with Gasteiger partial charge in [-0.2, -0.15) is 0 Å². The Morgan fingerprint density at radius 1 is 1.20 bits per heavy atom. The molecule has 0 spiro atoms. The zero-order valence-corrected chi connectivity index (χ0v) is 18.6. The number of aromatic nitrogens is 1. The number of nitrogens with one attached hydrogen (secondary N) is 3. The molecule has 0 amide bonds. The van der Waals surface area contributed by atoms with Crippen LogP contribution < -0.4 is 15.1 Å². The van der Waals surface area contributed by atoms with E-state index in [2.05, 4.69) is 34.3 Å². The van der Waals surface area contributed by atoms with E-state index in [0.29, 0.717) is 22.5 Å². The number of H-pyrrole nitrogens is 1. The molecule has 3 N–H and O–H groups in total. The standard InChI is InChI=1S/C23H32N4O3/c1-6-26-11-13-27(14-12-26)19-9-7-18(8-10-19)24-17(4)22(28)21-15(2)20(16(3)25-21)23(29)30-5/h7-10,17,24-25H,6,11-14H2,1-5H3/p+1/t17-/m0/s1. The Morgan fingerprint density at radius 2 is 1.83 bits per heavy atom. The maximum absolute atomic E-state index is 13.0. The summed E-state index contributed by atoms with van der Waals surface area (Å²) in [5.41, 5.74) is 4.26. The number of aromatic amines is 1. The first-order valence-electron chi connectivity index (χ1n) is 10.6. The maximum Gasteiger partial charge on any atom is 0.339 e. The number of hydrogen-bond acceptors (Lipinski definition) is 5. The minimum Gasteiger partial charge on any atom is -0.465 e. The molecule has 1 aromatic heterocycles. The summed E-state index contributed by atoms with van der Waals surface area (Å²) in [5.74, 6) is -0.522. The van der Waals surface area contributed by atoms with E-state index in [1.165, 1.54) is 32.4 Å². The van der Waals surface area contributed by atoms with Crippen LogP contribution in [0.25, 0.3) is 0 Å². The van der Waals surface area contributed by atoms with Gasteiger partial charge in [-0.05, 0) is 57.5 Å². The summed E-state index contributed by atoms with van der Waals surface area (Å²) in [6.45, 7) is 13.3. The van der Waals surface area contributed by atoms with Crippen LogP contribution >= 0.6 is 0 Å². The van der Waals surface area contributed by atoms with Crippen LogP contribution in [0.5, 0.6) is 0 Å². The van der Waals surface area contributed by atoms with Crippen LogP contribution in [0.1, 0.15) is 46.0 Å². The number of Topliss-reactive ketones (excluding diaryl/α,β-unsaturated/α-hetero) is 1. The van der Waals surface area contributed by atoms with Gasteiger partial charge in [0.2, 0.25) is 5.78 Å². The number of esters is 1. The first-order chi connectivity index (χ1) is 14.3. The number of aryl methyl sites for hydroxylation is 1. The van der Waals surface area contributed by atoms with E-state index >= 15 is 0 Å². The zero-order valence-electron chi connectivity index (χ0n) is 18.6. The van der Waals surface area contributed by atoms with Gasteiger partial charge in [0, 0.05) is 17.1 Å². The molecule has 3 rings (SSSR count). The number of hydrogen-bond donors (Lipinski definition) is 3. The highest BCUT2D eigenvalue weighted by Crippen LogP contribution is 2.22. The molecular formula is C23H33N4O3+. The summed E-state index contributed by atoms with van der Waals surface area (Å²) < 4.78 is 4.83. The molecule has 1 atom stereocenters. The molecule has 0 saturated carbocycles. The third-order valence-electron chi connectivity index (χ3n) is 6.05. The van der Waals surface area contributed by atoms with E-state index < -0.39 is 12.0 Å². The van der Waals surface area contributed by atoms with Crippen molar-refractivity contribution in [1.82, 2.24) is 4.98 Å². The summed E-state index contributed by atoms with van der Waals surface area (Å²) in [6.07, 6.45) is 0. The van der Waals surface area contributed by atoms with Gasteiger partial charge < -0.3 is 24.8 Å². The molecule has 0 bridgehead atoms. The average Bonchev–Trinajstić information content (AvgIpc) is 3.07. The summed E-state index contributed by atoms with van der Waals surface area (Å²) in [4.78, 5) is 32.1.